The first-order chi connectivity index (χ1) is 9.66. The summed E-state index contributed by atoms with van der Waals surface area (Å²) in [4.78, 5) is 14.7. The Morgan fingerprint density at radius 2 is 2.05 bits per heavy atom. The van der Waals surface area contributed by atoms with Crippen LogP contribution in [0.5, 0.6) is 0 Å². The van der Waals surface area contributed by atoms with Gasteiger partial charge in [0.05, 0.1) is 13.2 Å². The van der Waals surface area contributed by atoms with Crippen molar-refractivity contribution >= 4 is 5.97 Å². The summed E-state index contributed by atoms with van der Waals surface area (Å²) in [6.45, 7) is 2.09. The summed E-state index contributed by atoms with van der Waals surface area (Å²) in [6.07, 6.45) is 6.71. The van der Waals surface area contributed by atoms with E-state index in [1.165, 1.54) is 20.0 Å². The lowest BCUT2D eigenvalue weighted by atomic mass is 9.97. The number of nitrogens with zero attached hydrogens (tertiary/aromatic N) is 1. The molecule has 3 aliphatic rings. The van der Waals surface area contributed by atoms with E-state index in [0.29, 0.717) is 18.2 Å². The normalized spacial score (nSPS) is 38.3. The van der Waals surface area contributed by atoms with Crippen molar-refractivity contribution in [1.82, 2.24) is 10.2 Å². The van der Waals surface area contributed by atoms with E-state index in [1.54, 1.807) is 7.11 Å². The minimum Gasteiger partial charge on any atom is -0.468 e. The smallest absolute Gasteiger partial charge is 0.326 e. The maximum atomic E-state index is 12.3. The molecule has 0 aromatic rings. The van der Waals surface area contributed by atoms with Crippen LogP contribution in [0.15, 0.2) is 0 Å². The first kappa shape index (κ1) is 14.3. The highest BCUT2D eigenvalue weighted by Gasteiger charge is 2.50. The number of carbonyl (C=O) groups is 1. The van der Waals surface area contributed by atoms with Crippen LogP contribution in [0.1, 0.15) is 38.5 Å². The number of ether oxygens (including phenoxy) is 2. The van der Waals surface area contributed by atoms with E-state index in [2.05, 4.69) is 10.2 Å². The van der Waals surface area contributed by atoms with Gasteiger partial charge in [0.1, 0.15) is 5.54 Å². The SMILES string of the molecule is COC(=O)C1(NC2CC2)CCC(N2CCC(OC)C2)C1. The van der Waals surface area contributed by atoms with Gasteiger partial charge in [0, 0.05) is 32.3 Å². The van der Waals surface area contributed by atoms with Crippen molar-refractivity contribution in [3.05, 3.63) is 0 Å². The lowest BCUT2D eigenvalue weighted by Crippen LogP contribution is -2.52. The molecule has 1 N–H and O–H groups in total. The molecule has 2 aliphatic carbocycles. The molecule has 2 saturated carbocycles. The van der Waals surface area contributed by atoms with Crippen LogP contribution in [-0.2, 0) is 14.3 Å². The van der Waals surface area contributed by atoms with Gasteiger partial charge in [-0.2, -0.15) is 0 Å². The highest BCUT2D eigenvalue weighted by Crippen LogP contribution is 2.38. The first-order valence-corrected chi connectivity index (χ1v) is 7.80. The number of likely N-dealkylation sites (tertiary alicyclic amines) is 1. The summed E-state index contributed by atoms with van der Waals surface area (Å²) in [7, 11) is 3.29. The van der Waals surface area contributed by atoms with Crippen LogP contribution >= 0.6 is 0 Å². The van der Waals surface area contributed by atoms with Crippen LogP contribution in [0.25, 0.3) is 0 Å². The number of carbonyl (C=O) groups excluding carboxylic acids is 1. The Balaban J connectivity index is 1.64. The second kappa shape index (κ2) is 5.62. The molecule has 20 heavy (non-hydrogen) atoms. The zero-order chi connectivity index (χ0) is 14.2. The van der Waals surface area contributed by atoms with E-state index in [1.807, 2.05) is 0 Å². The van der Waals surface area contributed by atoms with Gasteiger partial charge in [-0.15, -0.1) is 0 Å². The van der Waals surface area contributed by atoms with Crippen molar-refractivity contribution in [2.24, 2.45) is 0 Å². The van der Waals surface area contributed by atoms with Gasteiger partial charge >= 0.3 is 5.97 Å². The van der Waals surface area contributed by atoms with Crippen molar-refractivity contribution in [2.75, 3.05) is 27.3 Å². The molecule has 3 fully saturated rings. The fraction of sp³-hybridized carbons (Fsp3) is 0.933. The van der Waals surface area contributed by atoms with Crippen molar-refractivity contribution in [1.29, 1.82) is 0 Å². The molecule has 1 heterocycles. The van der Waals surface area contributed by atoms with E-state index in [4.69, 9.17) is 9.47 Å². The monoisotopic (exact) mass is 282 g/mol. The summed E-state index contributed by atoms with van der Waals surface area (Å²) >= 11 is 0. The molecule has 0 amide bonds. The Hall–Kier alpha value is -0.650. The van der Waals surface area contributed by atoms with Crippen LogP contribution in [-0.4, -0.2) is 61.9 Å². The zero-order valence-corrected chi connectivity index (χ0v) is 12.6. The number of nitrogens with one attached hydrogen (secondary N) is 1. The van der Waals surface area contributed by atoms with Crippen molar-refractivity contribution in [3.8, 4) is 0 Å². The van der Waals surface area contributed by atoms with E-state index >= 15 is 0 Å². The molecule has 5 nitrogen and oxygen atoms in total. The predicted molar refractivity (Wildman–Crippen MR) is 75.5 cm³/mol. The molecule has 3 unspecified atom stereocenters. The largest absolute Gasteiger partial charge is 0.468 e. The molecule has 1 saturated heterocycles. The Bertz CT molecular complexity index is 372. The topological polar surface area (TPSA) is 50.8 Å². The van der Waals surface area contributed by atoms with Gasteiger partial charge in [0.2, 0.25) is 0 Å². The molecule has 3 atom stereocenters. The van der Waals surface area contributed by atoms with E-state index in [-0.39, 0.29) is 5.97 Å². The van der Waals surface area contributed by atoms with Crippen molar-refractivity contribution in [3.63, 3.8) is 0 Å². The van der Waals surface area contributed by atoms with Gasteiger partial charge in [-0.3, -0.25) is 15.0 Å². The van der Waals surface area contributed by atoms with Gasteiger partial charge in [0.15, 0.2) is 0 Å². The molecule has 0 aromatic carbocycles. The fourth-order valence-corrected chi connectivity index (χ4v) is 3.80. The number of esters is 1. The molecule has 3 rings (SSSR count). The summed E-state index contributed by atoms with van der Waals surface area (Å²) in [6, 6.07) is 1.01. The standard InChI is InChI=1S/C15H26N2O3/c1-19-13-6-8-17(10-13)12-5-7-15(9-12,14(18)20-2)16-11-3-4-11/h11-13,16H,3-10H2,1-2H3. The van der Waals surface area contributed by atoms with Crippen molar-refractivity contribution in [2.45, 2.75) is 62.3 Å². The van der Waals surface area contributed by atoms with E-state index in [9.17, 15) is 4.79 Å². The van der Waals surface area contributed by atoms with E-state index in [0.717, 1.165) is 38.8 Å². The van der Waals surface area contributed by atoms with Gasteiger partial charge in [-0.05, 0) is 38.5 Å². The number of methoxy groups -OCH3 is 2. The molecule has 0 aromatic heterocycles. The zero-order valence-electron chi connectivity index (χ0n) is 12.6. The average Bonchev–Trinajstić information content (AvgIpc) is 2.98. The van der Waals surface area contributed by atoms with Crippen LogP contribution in [0, 0.1) is 0 Å². The molecular weight excluding hydrogens is 256 g/mol. The Morgan fingerprint density at radius 1 is 1.25 bits per heavy atom. The Labute approximate surface area is 121 Å². The fourth-order valence-electron chi connectivity index (χ4n) is 3.80. The molecule has 0 spiro atoms. The number of hydrogen-bond donors (Lipinski definition) is 1. The maximum absolute atomic E-state index is 12.3. The van der Waals surface area contributed by atoms with Crippen molar-refractivity contribution < 1.29 is 14.3 Å². The highest BCUT2D eigenvalue weighted by atomic mass is 16.5. The Kier molecular flexibility index (Phi) is 4.02. The molecule has 114 valence electrons. The summed E-state index contributed by atoms with van der Waals surface area (Å²) in [5.74, 6) is -0.0746. The minimum atomic E-state index is -0.439. The number of hydrogen-bond acceptors (Lipinski definition) is 5. The molecular formula is C15H26N2O3. The molecule has 0 radical (unpaired) electrons. The van der Waals surface area contributed by atoms with E-state index < -0.39 is 5.54 Å². The molecule has 1 aliphatic heterocycles. The van der Waals surface area contributed by atoms with Crippen LogP contribution in [0.3, 0.4) is 0 Å². The third kappa shape index (κ3) is 2.71. The van der Waals surface area contributed by atoms with Crippen LogP contribution in [0.4, 0.5) is 0 Å². The number of rotatable bonds is 5. The summed E-state index contributed by atoms with van der Waals surface area (Å²) < 4.78 is 10.5. The second-order valence-corrected chi connectivity index (χ2v) is 6.53. The first-order valence-electron chi connectivity index (χ1n) is 7.80. The summed E-state index contributed by atoms with van der Waals surface area (Å²) in [5, 5.41) is 3.56. The van der Waals surface area contributed by atoms with Gasteiger partial charge < -0.3 is 9.47 Å². The molecule has 5 heteroatoms. The average molecular weight is 282 g/mol. The van der Waals surface area contributed by atoms with Crippen LogP contribution < -0.4 is 5.32 Å². The highest BCUT2D eigenvalue weighted by molar-refractivity contribution is 5.81. The predicted octanol–water partition coefficient (Wildman–Crippen LogP) is 0.923. The second-order valence-electron chi connectivity index (χ2n) is 6.53. The molecule has 0 bridgehead atoms. The van der Waals surface area contributed by atoms with Gasteiger partial charge in [0.25, 0.3) is 0 Å². The summed E-state index contributed by atoms with van der Waals surface area (Å²) in [5.41, 5.74) is -0.439. The maximum Gasteiger partial charge on any atom is 0.326 e. The van der Waals surface area contributed by atoms with Crippen LogP contribution in [0.2, 0.25) is 0 Å². The van der Waals surface area contributed by atoms with Gasteiger partial charge in [-0.1, -0.05) is 0 Å². The van der Waals surface area contributed by atoms with Gasteiger partial charge in [-0.25, -0.2) is 0 Å². The third-order valence-corrected chi connectivity index (χ3v) is 5.15. The Morgan fingerprint density at radius 3 is 2.65 bits per heavy atom. The lowest BCUT2D eigenvalue weighted by Gasteiger charge is -2.30. The quantitative estimate of drug-likeness (QED) is 0.760. The lowest BCUT2D eigenvalue weighted by molar-refractivity contribution is -0.148. The minimum absolute atomic E-state index is 0.0746. The third-order valence-electron chi connectivity index (χ3n) is 5.15.